The molecule has 0 saturated heterocycles. The summed E-state index contributed by atoms with van der Waals surface area (Å²) in [5.74, 6) is 0.859. The van der Waals surface area contributed by atoms with E-state index in [0.717, 1.165) is 16.7 Å². The molecule has 1 aliphatic rings. The summed E-state index contributed by atoms with van der Waals surface area (Å²) in [7, 11) is 1.35. The predicted octanol–water partition coefficient (Wildman–Crippen LogP) is 4.95. The van der Waals surface area contributed by atoms with E-state index >= 15 is 0 Å². The van der Waals surface area contributed by atoms with Crippen LogP contribution in [0.1, 0.15) is 46.9 Å². The summed E-state index contributed by atoms with van der Waals surface area (Å²) in [5.41, 5.74) is 4.03. The number of benzene rings is 3. The van der Waals surface area contributed by atoms with Crippen molar-refractivity contribution in [3.63, 3.8) is 0 Å². The molecule has 33 heavy (non-hydrogen) atoms. The highest BCUT2D eigenvalue weighted by molar-refractivity contribution is 5.99. The van der Waals surface area contributed by atoms with Crippen LogP contribution >= 0.6 is 0 Å². The summed E-state index contributed by atoms with van der Waals surface area (Å²) in [6, 6.07) is 20.4. The molecule has 1 aliphatic heterocycles. The van der Waals surface area contributed by atoms with Crippen molar-refractivity contribution in [1.82, 2.24) is 0 Å². The molecule has 0 radical (unpaired) electrons. The molecule has 0 fully saturated rings. The van der Waals surface area contributed by atoms with Crippen molar-refractivity contribution in [2.24, 2.45) is 0 Å². The number of hydrogen-bond acceptors (Lipinski definition) is 5. The van der Waals surface area contributed by atoms with E-state index < -0.39 is 5.97 Å². The molecular weight excluding hydrogens is 418 g/mol. The minimum atomic E-state index is -0.415. The van der Waals surface area contributed by atoms with E-state index in [4.69, 9.17) is 14.2 Å². The SMILES string of the molecule is CCOc1cc2c(cc1OCC)[C@@H](c1ccccc1)N(c1ccc(C(=O)OC)cc1)C(=O)C2. The van der Waals surface area contributed by atoms with Crippen LogP contribution in [-0.2, 0) is 16.0 Å². The van der Waals surface area contributed by atoms with Crippen LogP contribution in [-0.4, -0.2) is 32.2 Å². The number of anilines is 1. The maximum atomic E-state index is 13.5. The number of rotatable bonds is 7. The van der Waals surface area contributed by atoms with Gasteiger partial charge >= 0.3 is 5.97 Å². The highest BCUT2D eigenvalue weighted by atomic mass is 16.5. The number of esters is 1. The zero-order valence-electron chi connectivity index (χ0n) is 19.0. The lowest BCUT2D eigenvalue weighted by Crippen LogP contribution is -2.41. The Labute approximate surface area is 193 Å². The third-order valence-corrected chi connectivity index (χ3v) is 5.65. The molecule has 0 aliphatic carbocycles. The second kappa shape index (κ2) is 9.77. The lowest BCUT2D eigenvalue weighted by molar-refractivity contribution is -0.118. The minimum Gasteiger partial charge on any atom is -0.490 e. The molecule has 0 saturated carbocycles. The Morgan fingerprint density at radius 1 is 0.939 bits per heavy atom. The zero-order valence-corrected chi connectivity index (χ0v) is 19.0. The first kappa shape index (κ1) is 22.4. The third-order valence-electron chi connectivity index (χ3n) is 5.65. The minimum absolute atomic E-state index is 0.0335. The van der Waals surface area contributed by atoms with Gasteiger partial charge in [0, 0.05) is 5.69 Å². The quantitative estimate of drug-likeness (QED) is 0.482. The van der Waals surface area contributed by atoms with Gasteiger partial charge < -0.3 is 19.1 Å². The first-order valence-electron chi connectivity index (χ1n) is 11.0. The van der Waals surface area contributed by atoms with Gasteiger partial charge in [0.1, 0.15) is 0 Å². The lowest BCUT2D eigenvalue weighted by atomic mass is 9.86. The van der Waals surface area contributed by atoms with Crippen LogP contribution in [0.5, 0.6) is 11.5 Å². The van der Waals surface area contributed by atoms with E-state index in [2.05, 4.69) is 0 Å². The van der Waals surface area contributed by atoms with Gasteiger partial charge in [0.05, 0.1) is 38.3 Å². The Morgan fingerprint density at radius 3 is 2.18 bits per heavy atom. The van der Waals surface area contributed by atoms with Gasteiger partial charge in [-0.3, -0.25) is 4.79 Å². The summed E-state index contributed by atoms with van der Waals surface area (Å²) in [4.78, 5) is 27.1. The predicted molar refractivity (Wildman–Crippen MR) is 126 cm³/mol. The molecule has 6 nitrogen and oxygen atoms in total. The van der Waals surface area contributed by atoms with Gasteiger partial charge in [0.15, 0.2) is 11.5 Å². The topological polar surface area (TPSA) is 65.1 Å². The van der Waals surface area contributed by atoms with E-state index in [1.165, 1.54) is 7.11 Å². The molecule has 0 bridgehead atoms. The first-order valence-corrected chi connectivity index (χ1v) is 11.0. The number of nitrogens with zero attached hydrogens (tertiary/aromatic N) is 1. The molecule has 4 rings (SSSR count). The summed E-state index contributed by atoms with van der Waals surface area (Å²) >= 11 is 0. The van der Waals surface area contributed by atoms with E-state index in [9.17, 15) is 9.59 Å². The maximum Gasteiger partial charge on any atom is 0.337 e. The largest absolute Gasteiger partial charge is 0.490 e. The second-order valence-electron chi connectivity index (χ2n) is 7.66. The van der Waals surface area contributed by atoms with Crippen molar-refractivity contribution < 1.29 is 23.8 Å². The van der Waals surface area contributed by atoms with Crippen molar-refractivity contribution in [3.8, 4) is 11.5 Å². The standard InChI is InChI=1S/C27H27NO5/c1-4-32-23-15-20-16-25(29)28(21-13-11-19(12-14-21)27(30)31-3)26(18-9-7-6-8-10-18)22(20)17-24(23)33-5-2/h6-15,17,26H,4-5,16H2,1-3H3/t26-/m1/s1. The number of carbonyl (C=O) groups excluding carboxylic acids is 2. The fourth-order valence-electron chi connectivity index (χ4n) is 4.23. The van der Waals surface area contributed by atoms with Crippen LogP contribution in [0.15, 0.2) is 66.7 Å². The molecule has 0 aromatic heterocycles. The monoisotopic (exact) mass is 445 g/mol. The average molecular weight is 446 g/mol. The number of ether oxygens (including phenoxy) is 3. The maximum absolute atomic E-state index is 13.5. The third kappa shape index (κ3) is 4.42. The molecule has 6 heteroatoms. The molecule has 0 spiro atoms. The lowest BCUT2D eigenvalue weighted by Gasteiger charge is -2.38. The summed E-state index contributed by atoms with van der Waals surface area (Å²) in [6.45, 7) is 4.87. The molecular formula is C27H27NO5. The van der Waals surface area contributed by atoms with Gasteiger partial charge in [-0.1, -0.05) is 30.3 Å². The number of carbonyl (C=O) groups is 2. The molecule has 3 aromatic rings. The van der Waals surface area contributed by atoms with Gasteiger partial charge in [0.2, 0.25) is 5.91 Å². The Bertz CT molecular complexity index is 1140. The Kier molecular flexibility index (Phi) is 6.63. The molecule has 1 atom stereocenters. The van der Waals surface area contributed by atoms with Gasteiger partial charge in [-0.2, -0.15) is 0 Å². The number of fused-ring (bicyclic) bond motifs is 1. The van der Waals surface area contributed by atoms with Crippen LogP contribution in [0.4, 0.5) is 5.69 Å². The number of amides is 1. The zero-order chi connectivity index (χ0) is 23.4. The molecule has 0 unspecified atom stereocenters. The fraction of sp³-hybridized carbons (Fsp3) is 0.259. The van der Waals surface area contributed by atoms with Crippen molar-refractivity contribution in [3.05, 3.63) is 89.0 Å². The Morgan fingerprint density at radius 2 is 1.58 bits per heavy atom. The fourth-order valence-corrected chi connectivity index (χ4v) is 4.23. The smallest absolute Gasteiger partial charge is 0.337 e. The van der Waals surface area contributed by atoms with Crippen LogP contribution in [0.2, 0.25) is 0 Å². The summed E-state index contributed by atoms with van der Waals surface area (Å²) in [6.07, 6.45) is 0.240. The van der Waals surface area contributed by atoms with E-state index in [1.807, 2.05) is 56.3 Å². The molecule has 1 heterocycles. The van der Waals surface area contributed by atoms with Crippen molar-refractivity contribution in [1.29, 1.82) is 0 Å². The van der Waals surface area contributed by atoms with Gasteiger partial charge in [-0.25, -0.2) is 4.79 Å². The van der Waals surface area contributed by atoms with E-state index in [-0.39, 0.29) is 18.4 Å². The van der Waals surface area contributed by atoms with E-state index in [0.29, 0.717) is 36.0 Å². The molecule has 0 N–H and O–H groups in total. The molecule has 3 aromatic carbocycles. The number of methoxy groups -OCH3 is 1. The summed E-state index contributed by atoms with van der Waals surface area (Å²) < 4.78 is 16.5. The van der Waals surface area contributed by atoms with Crippen molar-refractivity contribution in [2.45, 2.75) is 26.3 Å². The summed E-state index contributed by atoms with van der Waals surface area (Å²) in [5, 5.41) is 0. The van der Waals surface area contributed by atoms with Crippen LogP contribution in [0.3, 0.4) is 0 Å². The number of hydrogen-bond donors (Lipinski definition) is 0. The normalized spacial score (nSPS) is 15.1. The van der Waals surface area contributed by atoms with Gasteiger partial charge in [0.25, 0.3) is 0 Å². The van der Waals surface area contributed by atoms with Gasteiger partial charge in [-0.15, -0.1) is 0 Å². The highest BCUT2D eigenvalue weighted by Gasteiger charge is 2.36. The van der Waals surface area contributed by atoms with Crippen LogP contribution < -0.4 is 14.4 Å². The average Bonchev–Trinajstić information content (AvgIpc) is 2.84. The van der Waals surface area contributed by atoms with Crippen LogP contribution in [0.25, 0.3) is 0 Å². The Hall–Kier alpha value is -3.80. The Balaban J connectivity index is 1.86. The highest BCUT2D eigenvalue weighted by Crippen LogP contribution is 2.43. The van der Waals surface area contributed by atoms with Crippen molar-refractivity contribution in [2.75, 3.05) is 25.2 Å². The molecule has 170 valence electrons. The first-order chi connectivity index (χ1) is 16.1. The van der Waals surface area contributed by atoms with Crippen LogP contribution in [0, 0.1) is 0 Å². The van der Waals surface area contributed by atoms with Gasteiger partial charge in [-0.05, 0) is 66.9 Å². The van der Waals surface area contributed by atoms with Crippen molar-refractivity contribution >= 4 is 17.6 Å². The van der Waals surface area contributed by atoms with E-state index in [1.54, 1.807) is 29.2 Å². The second-order valence-corrected chi connectivity index (χ2v) is 7.66. The molecule has 1 amide bonds.